The van der Waals surface area contributed by atoms with Crippen molar-refractivity contribution >= 4 is 110 Å². The van der Waals surface area contributed by atoms with Crippen LogP contribution in [0.1, 0.15) is 143 Å². The van der Waals surface area contributed by atoms with Crippen molar-refractivity contribution < 1.29 is 85.7 Å². The van der Waals surface area contributed by atoms with Gasteiger partial charge in [0.2, 0.25) is 0 Å². The van der Waals surface area contributed by atoms with E-state index in [1.807, 2.05) is 32.9 Å². The van der Waals surface area contributed by atoms with Crippen molar-refractivity contribution in [2.75, 3.05) is 27.4 Å². The van der Waals surface area contributed by atoms with Crippen molar-refractivity contribution in [3.63, 3.8) is 0 Å². The Balaban J connectivity index is 1.26. The van der Waals surface area contributed by atoms with E-state index in [0.717, 1.165) is 73.6 Å². The van der Waals surface area contributed by atoms with E-state index in [4.69, 9.17) is 57.3 Å². The molecule has 0 amide bonds. The minimum absolute atomic E-state index is 0.00574. The molecule has 2 unspecified atom stereocenters. The summed E-state index contributed by atoms with van der Waals surface area (Å²) in [7, 11) is 2.59. The summed E-state index contributed by atoms with van der Waals surface area (Å²) in [4.78, 5) is 176. The minimum atomic E-state index is -1.54. The molecule has 0 saturated carbocycles. The van der Waals surface area contributed by atoms with Crippen molar-refractivity contribution in [3.05, 3.63) is 141 Å². The lowest BCUT2D eigenvalue weighted by atomic mass is 10.00. The van der Waals surface area contributed by atoms with Gasteiger partial charge in [-0.15, -0.1) is 0 Å². The Morgan fingerprint density at radius 3 is 1.42 bits per heavy atom. The van der Waals surface area contributed by atoms with Gasteiger partial charge in [0.15, 0.2) is 36.9 Å². The number of fused-ring (bicyclic) bond motifs is 8. The van der Waals surface area contributed by atoms with E-state index < -0.39 is 133 Å². The number of hydrogen-bond acceptors (Lipinski definition) is 24. The summed E-state index contributed by atoms with van der Waals surface area (Å²) >= 11 is 0. The zero-order valence-electron chi connectivity index (χ0n) is 54.4. The molecule has 30 heteroatoms. The van der Waals surface area contributed by atoms with E-state index in [1.165, 1.54) is 32.6 Å². The highest BCUT2D eigenvalue weighted by Gasteiger charge is 2.52. The van der Waals surface area contributed by atoms with E-state index in [2.05, 4.69) is 19.9 Å². The fourth-order valence-corrected chi connectivity index (χ4v) is 11.7. The highest BCUT2D eigenvalue weighted by Crippen LogP contribution is 2.39. The third kappa shape index (κ3) is 15.3. The van der Waals surface area contributed by atoms with Gasteiger partial charge in [-0.1, -0.05) is 12.2 Å². The number of rotatable bonds is 20. The number of aryl methyl sites for hydroxylation is 3. The van der Waals surface area contributed by atoms with Gasteiger partial charge in [0.25, 0.3) is 11.1 Å². The molecular weight excluding hydrogens is 1260 g/mol. The lowest BCUT2D eigenvalue weighted by Crippen LogP contribution is -2.42. The number of methoxy groups -OCH3 is 2. The van der Waals surface area contributed by atoms with Gasteiger partial charge in [0.1, 0.15) is 25.4 Å². The van der Waals surface area contributed by atoms with E-state index >= 15 is 0 Å². The molecule has 96 heavy (non-hydrogen) atoms. The van der Waals surface area contributed by atoms with Crippen LogP contribution in [0.15, 0.2) is 61.9 Å². The number of ether oxygens (including phenoxy) is 10. The maximum Gasteiger partial charge on any atom is 0.330 e. The van der Waals surface area contributed by atoms with Crippen molar-refractivity contribution in [3.8, 4) is 0 Å². The largest absolute Gasteiger partial charge is 0.469 e. The molecule has 0 spiro atoms. The lowest BCUT2D eigenvalue weighted by molar-refractivity contribution is -0.166. The SMILES string of the molecule is COC(=O)CCC1=C(C)c2cc3[nH]c(cc4nc(cc5[nH]c(cc1n2)c(CCC(=O)OC)c5C)C(/C=C/c1cn(C2O[C@H](COC(C)=O)[C@@H](OC(C)=O)[C@H]2OC(C)=O)c(=O)[nH]c1=O)=C4C)c(/C=C/c1cn(C2O[C@H](COC(C)=O)[C@@H](OC(C)=O)[C@H]2OC(C)=O)c(=O)[nH]c1=O)c3C. The molecule has 4 aliphatic rings. The van der Waals surface area contributed by atoms with Gasteiger partial charge in [0.05, 0.1) is 48.1 Å². The molecule has 2 fully saturated rings. The summed E-state index contributed by atoms with van der Waals surface area (Å²) in [5.41, 5.74) is 4.85. The van der Waals surface area contributed by atoms with Crippen LogP contribution in [0.25, 0.3) is 62.6 Å². The van der Waals surface area contributed by atoms with Crippen molar-refractivity contribution in [1.82, 2.24) is 39.0 Å². The van der Waals surface area contributed by atoms with Crippen molar-refractivity contribution in [2.24, 2.45) is 0 Å². The summed E-state index contributed by atoms with van der Waals surface area (Å²) in [6.45, 7) is 13.0. The van der Waals surface area contributed by atoms with Gasteiger partial charge in [-0.05, 0) is 110 Å². The second-order valence-electron chi connectivity index (χ2n) is 22.9. The molecule has 30 nitrogen and oxygen atoms in total. The second-order valence-corrected chi connectivity index (χ2v) is 22.9. The van der Waals surface area contributed by atoms with Gasteiger partial charge >= 0.3 is 59.1 Å². The molecule has 8 atom stereocenters. The predicted molar refractivity (Wildman–Crippen MR) is 341 cm³/mol. The van der Waals surface area contributed by atoms with Crippen LogP contribution in [0.5, 0.6) is 0 Å². The molecular formula is C66H70N8O22. The van der Waals surface area contributed by atoms with Gasteiger partial charge in [-0.2, -0.15) is 0 Å². The molecule has 5 aromatic heterocycles. The maximum absolute atomic E-state index is 13.9. The first kappa shape index (κ1) is 69.5. The van der Waals surface area contributed by atoms with Crippen LogP contribution >= 0.6 is 0 Å². The lowest BCUT2D eigenvalue weighted by Gasteiger charge is -2.24. The monoisotopic (exact) mass is 1330 g/mol. The summed E-state index contributed by atoms with van der Waals surface area (Å²) in [6, 6.07) is 7.16. The van der Waals surface area contributed by atoms with Crippen LogP contribution in [0.3, 0.4) is 0 Å². The summed E-state index contributed by atoms with van der Waals surface area (Å²) < 4.78 is 56.8. The Labute approximate surface area is 545 Å². The van der Waals surface area contributed by atoms with E-state index in [-0.39, 0.29) is 36.8 Å². The van der Waals surface area contributed by atoms with Gasteiger partial charge in [-0.3, -0.25) is 67.0 Å². The molecule has 9 heterocycles. The highest BCUT2D eigenvalue weighted by molar-refractivity contribution is 6.00. The average Bonchev–Trinajstić information content (AvgIpc) is 1.63. The highest BCUT2D eigenvalue weighted by atomic mass is 16.7. The number of nitrogens with one attached hydrogen (secondary N) is 4. The molecule has 5 aromatic rings. The summed E-state index contributed by atoms with van der Waals surface area (Å²) in [6.07, 6.45) is -2.43. The Morgan fingerprint density at radius 1 is 0.490 bits per heavy atom. The van der Waals surface area contributed by atoms with Crippen molar-refractivity contribution in [1.29, 1.82) is 0 Å². The zero-order chi connectivity index (χ0) is 69.7. The fraction of sp³-hybridized carbons (Fsp3) is 0.394. The van der Waals surface area contributed by atoms with E-state index in [0.29, 0.717) is 72.7 Å². The minimum Gasteiger partial charge on any atom is -0.469 e. The zero-order valence-corrected chi connectivity index (χ0v) is 54.4. The average molecular weight is 1330 g/mol. The van der Waals surface area contributed by atoms with Crippen LogP contribution in [-0.4, -0.2) is 151 Å². The first-order valence-electron chi connectivity index (χ1n) is 30.2. The number of nitrogens with zero attached hydrogens (tertiary/aromatic N) is 4. The van der Waals surface area contributed by atoms with E-state index in [1.54, 1.807) is 31.2 Å². The number of esters is 8. The van der Waals surface area contributed by atoms with Gasteiger partial charge in [-0.25, -0.2) is 19.6 Å². The molecule has 4 N–H and O–H groups in total. The second kappa shape index (κ2) is 29.2. The fourth-order valence-electron chi connectivity index (χ4n) is 11.7. The number of aromatic amines is 4. The molecule has 4 aliphatic heterocycles. The van der Waals surface area contributed by atoms with Crippen molar-refractivity contribution in [2.45, 2.75) is 144 Å². The van der Waals surface area contributed by atoms with Crippen LogP contribution in [-0.2, 0) is 92.1 Å². The standard InChI is InChI=1S/C66H70N8O22/c1-29-41(15-13-39-25-73(65(85)71-61(39)83)63-59(93-37(9)79)57(91-35(7)77)53(95-63)27-89-33(5)75)49-22-47-30(2)42(16-14-40-26-74(66(86)72-62(40)84)64-60(94-38(10)80)58(92-36(8)78)54(96-64)28-90-34(6)76)50(69-47)23-48-32(4)44(18-20-56(82)88-12)52(70-48)24-51-43(17-19-55(81)87-11)31(3)46(68-51)21-45(29)67-49/h13-16,21-26,53-54,57-60,63-64,67,70H,17-20,27-28H2,1-12H3,(H,71,83,85)(H,72,84,86)/b15-13+,16-14+,45-21?,46-21?,47-22?,48-23?,49-22?,50-23?,51-24?,52-24?/t53-,54-,57-,58-,59-,60-,63?,64?/m1/s1. The smallest absolute Gasteiger partial charge is 0.330 e. The summed E-state index contributed by atoms with van der Waals surface area (Å²) in [5, 5.41) is 0. The van der Waals surface area contributed by atoms with Crippen LogP contribution in [0.2, 0.25) is 0 Å². The number of aromatic nitrogens is 8. The summed E-state index contributed by atoms with van der Waals surface area (Å²) in [5.74, 6) is -5.61. The third-order valence-electron chi connectivity index (χ3n) is 16.3. The Hall–Kier alpha value is -10.9. The molecule has 506 valence electrons. The molecule has 0 aromatic carbocycles. The first-order chi connectivity index (χ1) is 45.5. The normalized spacial score (nSPS) is 20.0. The Bertz CT molecular complexity index is 4590. The maximum atomic E-state index is 13.9. The topological polar surface area (TPSA) is 396 Å². The number of carbonyl (C=O) groups is 8. The van der Waals surface area contributed by atoms with Crippen LogP contribution in [0.4, 0.5) is 0 Å². The quantitative estimate of drug-likeness (QED) is 0.0582. The molecule has 9 rings (SSSR count). The molecule has 2 saturated heterocycles. The predicted octanol–water partition coefficient (Wildman–Crippen LogP) is 5.08. The third-order valence-corrected chi connectivity index (χ3v) is 16.3. The number of hydrogen-bond donors (Lipinski definition) is 4. The van der Waals surface area contributed by atoms with Gasteiger partial charge in [0, 0.05) is 100.0 Å². The first-order valence-corrected chi connectivity index (χ1v) is 30.2. The number of carbonyl (C=O) groups excluding carboxylic acids is 8. The Kier molecular flexibility index (Phi) is 21.1. The molecule has 0 aliphatic carbocycles. The Morgan fingerprint density at radius 2 is 0.917 bits per heavy atom. The molecule has 8 bridgehead atoms. The van der Waals surface area contributed by atoms with Gasteiger partial charge < -0.3 is 57.3 Å². The molecule has 0 radical (unpaired) electrons. The number of allylic oxidation sites excluding steroid dienone is 5. The van der Waals surface area contributed by atoms with Crippen LogP contribution < -0.4 is 22.5 Å². The van der Waals surface area contributed by atoms with E-state index in [9.17, 15) is 57.5 Å². The van der Waals surface area contributed by atoms with Crippen LogP contribution in [0, 0.1) is 13.8 Å². The number of H-pyrrole nitrogens is 4.